The molecule has 282 valence electrons. The Labute approximate surface area is 293 Å². The Morgan fingerprint density at radius 3 is 1.75 bits per heavy atom. The molecule has 2 unspecified atom stereocenters. The van der Waals surface area contributed by atoms with Crippen molar-refractivity contribution in [3.8, 4) is 16.9 Å². The summed E-state index contributed by atoms with van der Waals surface area (Å²) in [5, 5.41) is 0. The molecule has 0 saturated heterocycles. The van der Waals surface area contributed by atoms with Crippen LogP contribution >= 0.6 is 7.82 Å². The Balaban J connectivity index is 1.55. The lowest BCUT2D eigenvalue weighted by Gasteiger charge is -2.40. The van der Waals surface area contributed by atoms with E-state index in [4.69, 9.17) is 9.05 Å². The second kappa shape index (κ2) is 12.5. The molecule has 4 aromatic rings. The summed E-state index contributed by atoms with van der Waals surface area (Å²) in [6.45, 7) is 0. The van der Waals surface area contributed by atoms with Crippen LogP contribution in [0.4, 0.5) is 52.7 Å². The first kappa shape index (κ1) is 37.3. The summed E-state index contributed by atoms with van der Waals surface area (Å²) in [5.74, 6) is -3.32. The zero-order valence-corrected chi connectivity index (χ0v) is 27.7. The van der Waals surface area contributed by atoms with Crippen molar-refractivity contribution in [1.29, 1.82) is 0 Å². The van der Waals surface area contributed by atoms with Gasteiger partial charge in [0.25, 0.3) is 0 Å². The van der Waals surface area contributed by atoms with Crippen LogP contribution in [0.1, 0.15) is 80.3 Å². The molecule has 4 atom stereocenters. The molecule has 4 nitrogen and oxygen atoms in total. The summed E-state index contributed by atoms with van der Waals surface area (Å²) < 4.78 is 193. The quantitative estimate of drug-likeness (QED) is 0.163. The predicted octanol–water partition coefficient (Wildman–Crippen LogP) is 11.7. The number of phosphoric acid groups is 1. The van der Waals surface area contributed by atoms with Crippen molar-refractivity contribution >= 4 is 7.82 Å². The highest BCUT2D eigenvalue weighted by atomic mass is 31.2. The number of rotatable bonds is 2. The van der Waals surface area contributed by atoms with Crippen LogP contribution < -0.4 is 4.52 Å². The van der Waals surface area contributed by atoms with Crippen LogP contribution in [0.3, 0.4) is 0 Å². The van der Waals surface area contributed by atoms with E-state index in [-0.39, 0.29) is 37.0 Å². The van der Waals surface area contributed by atoms with Crippen molar-refractivity contribution in [2.45, 2.75) is 74.7 Å². The third-order valence-electron chi connectivity index (χ3n) is 9.91. The molecular weight excluding hydrogens is 755 g/mol. The second-order valence-electron chi connectivity index (χ2n) is 13.3. The molecule has 17 heteroatoms. The maximum absolute atomic E-state index is 14.0. The highest BCUT2D eigenvalue weighted by molar-refractivity contribution is 7.47. The lowest BCUT2D eigenvalue weighted by Crippen LogP contribution is -2.35. The lowest BCUT2D eigenvalue weighted by atomic mass is 9.67. The van der Waals surface area contributed by atoms with E-state index in [0.717, 1.165) is 0 Å². The minimum absolute atomic E-state index is 0.0418. The van der Waals surface area contributed by atoms with Crippen molar-refractivity contribution in [2.24, 2.45) is 0 Å². The van der Waals surface area contributed by atoms with Crippen molar-refractivity contribution in [2.75, 3.05) is 0 Å². The van der Waals surface area contributed by atoms with E-state index in [0.29, 0.717) is 59.4 Å². The maximum atomic E-state index is 14.0. The fourth-order valence-electron chi connectivity index (χ4n) is 7.70. The van der Waals surface area contributed by atoms with E-state index in [1.807, 2.05) is 0 Å². The SMILES string of the molecule is O=P1(O)Oc2c(-c3cc(C(F)(F)F)cc(C(F)(F)F)c3)cc3c(c2[C@H]2c4ccccc4CC(c4cc(C(F)(F)F)cc(C(F)(F)F)c4)[C@H]2O1)CCCC3. The summed E-state index contributed by atoms with van der Waals surface area (Å²) in [5.41, 5.74) is -6.47. The number of hydrogen-bond donors (Lipinski definition) is 1. The van der Waals surface area contributed by atoms with Gasteiger partial charge in [0.15, 0.2) is 0 Å². The molecule has 0 spiro atoms. The summed E-state index contributed by atoms with van der Waals surface area (Å²) in [4.78, 5) is 11.2. The van der Waals surface area contributed by atoms with Gasteiger partial charge in [-0.25, -0.2) is 4.57 Å². The number of fused-ring (bicyclic) bond motifs is 7. The number of halogens is 12. The summed E-state index contributed by atoms with van der Waals surface area (Å²) in [6.07, 6.45) is -21.3. The van der Waals surface area contributed by atoms with E-state index >= 15 is 0 Å². The van der Waals surface area contributed by atoms with Crippen LogP contribution in [0, 0.1) is 0 Å². The average Bonchev–Trinajstić information content (AvgIpc) is 3.18. The predicted molar refractivity (Wildman–Crippen MR) is 165 cm³/mol. The van der Waals surface area contributed by atoms with Crippen molar-refractivity contribution in [3.63, 3.8) is 0 Å². The first-order valence-corrected chi connectivity index (χ1v) is 17.6. The lowest BCUT2D eigenvalue weighted by molar-refractivity contribution is -0.144. The zero-order valence-electron chi connectivity index (χ0n) is 26.8. The molecule has 0 bridgehead atoms. The third-order valence-corrected chi connectivity index (χ3v) is 10.8. The molecule has 7 rings (SSSR count). The van der Waals surface area contributed by atoms with Gasteiger partial charge in [0, 0.05) is 23.0 Å². The molecule has 0 amide bonds. The van der Waals surface area contributed by atoms with Gasteiger partial charge in [-0.3, -0.25) is 9.42 Å². The largest absolute Gasteiger partial charge is 0.527 e. The number of alkyl halides is 12. The normalized spacial score (nSPS) is 23.2. The molecule has 0 aromatic heterocycles. The molecule has 1 aliphatic heterocycles. The van der Waals surface area contributed by atoms with Crippen LogP contribution in [0.25, 0.3) is 11.1 Å². The van der Waals surface area contributed by atoms with Gasteiger partial charge >= 0.3 is 32.5 Å². The number of benzene rings is 4. The molecule has 2 aliphatic carbocycles. The molecule has 1 N–H and O–H groups in total. The first-order valence-electron chi connectivity index (χ1n) is 16.1. The van der Waals surface area contributed by atoms with Crippen LogP contribution in [-0.4, -0.2) is 11.0 Å². The molecule has 3 aliphatic rings. The number of aryl methyl sites for hydroxylation is 1. The van der Waals surface area contributed by atoms with Gasteiger partial charge in [0.2, 0.25) is 0 Å². The molecule has 0 saturated carbocycles. The van der Waals surface area contributed by atoms with Crippen molar-refractivity contribution in [1.82, 2.24) is 0 Å². The standard InChI is InChI=1S/C36H25F12O4P/c37-33(38,39)21-9-19(10-22(15-21)34(40,41)42)27-13-17-5-1-3-7-25(17)29-30-26-8-4-2-6-18(26)14-28(32(30)52-53(49,50)51-31(27)29)20-11-23(35(43,44)45)16-24(12-20)36(46,47)48/h1,3,5,7,9-12,14-16,27,29,31H,2,4,6,8,13H2,(H,49,50)/t27?,29-,31-/m1/s1. The summed E-state index contributed by atoms with van der Waals surface area (Å²) in [6, 6.07) is 9.25. The van der Waals surface area contributed by atoms with Crippen molar-refractivity contribution in [3.05, 3.63) is 122 Å². The Kier molecular flexibility index (Phi) is 8.82. The van der Waals surface area contributed by atoms with E-state index in [9.17, 15) is 62.1 Å². The highest BCUT2D eigenvalue weighted by Crippen LogP contribution is 2.62. The van der Waals surface area contributed by atoms with E-state index in [2.05, 4.69) is 0 Å². The Bertz CT molecular complexity index is 2090. The molecule has 1 heterocycles. The summed E-state index contributed by atoms with van der Waals surface area (Å²) in [7, 11) is -5.47. The zero-order chi connectivity index (χ0) is 38.5. The van der Waals surface area contributed by atoms with Crippen LogP contribution in [-0.2, 0) is 53.1 Å². The second-order valence-corrected chi connectivity index (χ2v) is 14.6. The monoisotopic (exact) mass is 780 g/mol. The molecule has 4 aromatic carbocycles. The smallest absolute Gasteiger partial charge is 0.403 e. The van der Waals surface area contributed by atoms with Gasteiger partial charge in [0.1, 0.15) is 5.75 Å². The van der Waals surface area contributed by atoms with Crippen LogP contribution in [0.2, 0.25) is 0 Å². The molecule has 0 radical (unpaired) electrons. The van der Waals surface area contributed by atoms with E-state index < -0.39 is 95.2 Å². The van der Waals surface area contributed by atoms with Crippen molar-refractivity contribution < 1.29 is 71.2 Å². The molecule has 0 fully saturated rings. The molecular formula is C36H25F12O4P. The molecule has 53 heavy (non-hydrogen) atoms. The van der Waals surface area contributed by atoms with Crippen LogP contribution in [0.5, 0.6) is 5.75 Å². The van der Waals surface area contributed by atoms with Gasteiger partial charge in [-0.1, -0.05) is 24.3 Å². The van der Waals surface area contributed by atoms with Crippen LogP contribution in [0.15, 0.2) is 66.7 Å². The highest BCUT2D eigenvalue weighted by Gasteiger charge is 2.50. The van der Waals surface area contributed by atoms with E-state index in [1.54, 1.807) is 24.3 Å². The Hall–Kier alpha value is -4.01. The minimum Gasteiger partial charge on any atom is -0.403 e. The fourth-order valence-corrected chi connectivity index (χ4v) is 8.75. The number of phosphoric ester groups is 1. The fraction of sp³-hybridized carbons (Fsp3) is 0.333. The van der Waals surface area contributed by atoms with Gasteiger partial charge in [-0.15, -0.1) is 0 Å². The van der Waals surface area contributed by atoms with Gasteiger partial charge in [-0.05, 0) is 108 Å². The maximum Gasteiger partial charge on any atom is 0.527 e. The average molecular weight is 781 g/mol. The topological polar surface area (TPSA) is 55.8 Å². The summed E-state index contributed by atoms with van der Waals surface area (Å²) >= 11 is 0. The van der Waals surface area contributed by atoms with Gasteiger partial charge < -0.3 is 4.52 Å². The van der Waals surface area contributed by atoms with Gasteiger partial charge in [-0.2, -0.15) is 52.7 Å². The third kappa shape index (κ3) is 7.05. The Morgan fingerprint density at radius 1 is 0.660 bits per heavy atom. The van der Waals surface area contributed by atoms with Gasteiger partial charge in [0.05, 0.1) is 28.4 Å². The Morgan fingerprint density at radius 2 is 1.19 bits per heavy atom. The first-order chi connectivity index (χ1) is 24.5. The number of hydrogen-bond acceptors (Lipinski definition) is 3. The van der Waals surface area contributed by atoms with E-state index in [1.165, 1.54) is 6.07 Å². The minimum atomic E-state index is -5.47.